The van der Waals surface area contributed by atoms with E-state index < -0.39 is 22.8 Å². The zero-order valence-electron chi connectivity index (χ0n) is 14.1. The van der Waals surface area contributed by atoms with Gasteiger partial charge in [0.1, 0.15) is 11.4 Å². The normalized spacial score (nSPS) is 15.1. The van der Waals surface area contributed by atoms with Crippen LogP contribution in [0.4, 0.5) is 4.39 Å². The van der Waals surface area contributed by atoms with Crippen molar-refractivity contribution in [2.75, 3.05) is 32.8 Å². The van der Waals surface area contributed by atoms with Gasteiger partial charge >= 0.3 is 5.97 Å². The summed E-state index contributed by atoms with van der Waals surface area (Å²) in [6.45, 7) is 3.92. The Morgan fingerprint density at radius 1 is 1.31 bits per heavy atom. The van der Waals surface area contributed by atoms with Crippen LogP contribution in [0.5, 0.6) is 0 Å². The smallest absolute Gasteiger partial charge is 0.341 e. The molecule has 0 radical (unpaired) electrons. The fourth-order valence-electron chi connectivity index (χ4n) is 3.09. The molecule has 1 aliphatic heterocycles. The molecule has 1 aliphatic rings. The summed E-state index contributed by atoms with van der Waals surface area (Å²) in [5, 5.41) is 18.2. The number of morpholine rings is 1. The van der Waals surface area contributed by atoms with E-state index in [0.717, 1.165) is 19.2 Å². The van der Waals surface area contributed by atoms with Gasteiger partial charge in [0.05, 0.1) is 31.2 Å². The molecule has 1 N–H and O–H groups in total. The molecule has 0 unspecified atom stereocenters. The first kappa shape index (κ1) is 18.0. The number of nitrogens with zero attached hydrogens (tertiary/aromatic N) is 3. The quantitative estimate of drug-likeness (QED) is 0.863. The molecule has 1 aromatic heterocycles. The van der Waals surface area contributed by atoms with Crippen molar-refractivity contribution >= 4 is 16.9 Å². The Morgan fingerprint density at radius 3 is 2.69 bits per heavy atom. The molecule has 0 amide bonds. The van der Waals surface area contributed by atoms with Gasteiger partial charge in [0, 0.05) is 43.3 Å². The van der Waals surface area contributed by atoms with E-state index in [1.807, 2.05) is 6.07 Å². The number of hydrogen-bond donors (Lipinski definition) is 1. The van der Waals surface area contributed by atoms with Crippen LogP contribution in [0.2, 0.25) is 0 Å². The molecule has 26 heavy (non-hydrogen) atoms. The molecule has 0 bridgehead atoms. The van der Waals surface area contributed by atoms with Gasteiger partial charge in [0.15, 0.2) is 0 Å². The van der Waals surface area contributed by atoms with Gasteiger partial charge in [0.2, 0.25) is 5.43 Å². The number of aromatic carboxylic acids is 1. The van der Waals surface area contributed by atoms with Crippen molar-refractivity contribution in [1.82, 2.24) is 9.47 Å². The minimum Gasteiger partial charge on any atom is -0.477 e. The zero-order chi connectivity index (χ0) is 18.7. The van der Waals surface area contributed by atoms with Gasteiger partial charge < -0.3 is 14.4 Å². The number of carboxylic acid groups (broad SMARTS) is 1. The number of carboxylic acids is 1. The summed E-state index contributed by atoms with van der Waals surface area (Å²) in [4.78, 5) is 26.0. The number of ether oxygens (including phenoxy) is 1. The predicted octanol–water partition coefficient (Wildman–Crippen LogP) is 1.24. The number of halogens is 1. The summed E-state index contributed by atoms with van der Waals surface area (Å²) in [5.74, 6) is -2.03. The van der Waals surface area contributed by atoms with Crippen LogP contribution in [-0.4, -0.2) is 53.4 Å². The highest BCUT2D eigenvalue weighted by molar-refractivity contribution is 5.92. The molecule has 1 aromatic carbocycles. The highest BCUT2D eigenvalue weighted by Gasteiger charge is 2.18. The lowest BCUT2D eigenvalue weighted by Gasteiger charge is -2.27. The van der Waals surface area contributed by atoms with Gasteiger partial charge in [-0.25, -0.2) is 9.18 Å². The third kappa shape index (κ3) is 3.59. The molecule has 0 saturated carbocycles. The van der Waals surface area contributed by atoms with Gasteiger partial charge in [-0.1, -0.05) is 0 Å². The summed E-state index contributed by atoms with van der Waals surface area (Å²) < 4.78 is 21.1. The topological polar surface area (TPSA) is 95.6 Å². The van der Waals surface area contributed by atoms with Crippen LogP contribution in [0.25, 0.3) is 10.9 Å². The molecule has 7 nitrogen and oxygen atoms in total. The van der Waals surface area contributed by atoms with Crippen molar-refractivity contribution in [2.45, 2.75) is 13.0 Å². The first-order valence-corrected chi connectivity index (χ1v) is 8.27. The maximum absolute atomic E-state index is 14.2. The summed E-state index contributed by atoms with van der Waals surface area (Å²) >= 11 is 0. The molecule has 0 spiro atoms. The molecule has 0 atom stereocenters. The summed E-state index contributed by atoms with van der Waals surface area (Å²) in [6, 6.07) is 4.38. The fraction of sp³-hybridized carbons (Fsp3) is 0.389. The zero-order valence-corrected chi connectivity index (χ0v) is 14.1. The van der Waals surface area contributed by atoms with E-state index in [2.05, 4.69) is 4.90 Å². The SMILES string of the molecule is N#CCc1cc2c(cc1F)c(=O)c(C(=O)O)cn2CCN1CCOCC1. The molecule has 2 aromatic rings. The van der Waals surface area contributed by atoms with E-state index in [1.165, 1.54) is 12.3 Å². The first-order valence-electron chi connectivity index (χ1n) is 8.27. The summed E-state index contributed by atoms with van der Waals surface area (Å²) in [7, 11) is 0. The van der Waals surface area contributed by atoms with Crippen molar-refractivity contribution in [1.29, 1.82) is 5.26 Å². The third-order valence-electron chi connectivity index (χ3n) is 4.51. The minimum absolute atomic E-state index is 0.00562. The Hall–Kier alpha value is -2.76. The van der Waals surface area contributed by atoms with Crippen LogP contribution in [-0.2, 0) is 17.7 Å². The second-order valence-electron chi connectivity index (χ2n) is 6.12. The number of rotatable bonds is 5. The average Bonchev–Trinajstić information content (AvgIpc) is 2.63. The van der Waals surface area contributed by atoms with Crippen molar-refractivity contribution in [3.8, 4) is 6.07 Å². The fourth-order valence-corrected chi connectivity index (χ4v) is 3.09. The Balaban J connectivity index is 2.07. The van der Waals surface area contributed by atoms with Gasteiger partial charge in [-0.2, -0.15) is 5.26 Å². The van der Waals surface area contributed by atoms with Crippen LogP contribution < -0.4 is 5.43 Å². The van der Waals surface area contributed by atoms with E-state index in [0.29, 0.717) is 31.8 Å². The molecule has 1 saturated heterocycles. The molecule has 1 fully saturated rings. The van der Waals surface area contributed by atoms with Gasteiger partial charge in [-0.3, -0.25) is 9.69 Å². The molecule has 8 heteroatoms. The van der Waals surface area contributed by atoms with E-state index in [4.69, 9.17) is 10.00 Å². The van der Waals surface area contributed by atoms with Gasteiger partial charge in [-0.05, 0) is 12.1 Å². The van der Waals surface area contributed by atoms with Crippen molar-refractivity contribution in [3.63, 3.8) is 0 Å². The highest BCUT2D eigenvalue weighted by atomic mass is 19.1. The lowest BCUT2D eigenvalue weighted by Crippen LogP contribution is -2.38. The van der Waals surface area contributed by atoms with Crippen molar-refractivity contribution in [2.24, 2.45) is 0 Å². The maximum atomic E-state index is 14.2. The minimum atomic E-state index is -1.35. The first-order chi connectivity index (χ1) is 12.5. The molecule has 3 rings (SSSR count). The van der Waals surface area contributed by atoms with Crippen LogP contribution in [0.3, 0.4) is 0 Å². The number of aromatic nitrogens is 1. The largest absolute Gasteiger partial charge is 0.477 e. The number of nitriles is 1. The number of carbonyl (C=O) groups is 1. The van der Waals surface area contributed by atoms with Crippen molar-refractivity contribution in [3.05, 3.63) is 45.5 Å². The maximum Gasteiger partial charge on any atom is 0.341 e. The van der Waals surface area contributed by atoms with E-state index in [-0.39, 0.29) is 17.4 Å². The molecule has 2 heterocycles. The van der Waals surface area contributed by atoms with E-state index in [9.17, 15) is 19.1 Å². The molecular formula is C18H18FN3O4. The van der Waals surface area contributed by atoms with E-state index in [1.54, 1.807) is 4.57 Å². The molecule has 0 aliphatic carbocycles. The van der Waals surface area contributed by atoms with Crippen LogP contribution in [0.1, 0.15) is 15.9 Å². The Bertz CT molecular complexity index is 942. The van der Waals surface area contributed by atoms with Crippen molar-refractivity contribution < 1.29 is 19.0 Å². The van der Waals surface area contributed by atoms with Gasteiger partial charge in [-0.15, -0.1) is 0 Å². The number of hydrogen-bond acceptors (Lipinski definition) is 5. The van der Waals surface area contributed by atoms with Crippen LogP contribution in [0, 0.1) is 17.1 Å². The number of pyridine rings is 1. The summed E-state index contributed by atoms with van der Waals surface area (Å²) in [5.41, 5.74) is -0.507. The average molecular weight is 359 g/mol. The number of fused-ring (bicyclic) bond motifs is 1. The second-order valence-corrected chi connectivity index (χ2v) is 6.12. The van der Waals surface area contributed by atoms with E-state index >= 15 is 0 Å². The van der Waals surface area contributed by atoms with Crippen LogP contribution >= 0.6 is 0 Å². The monoisotopic (exact) mass is 359 g/mol. The predicted molar refractivity (Wildman–Crippen MR) is 91.7 cm³/mol. The molecule has 136 valence electrons. The lowest BCUT2D eigenvalue weighted by molar-refractivity contribution is 0.0365. The van der Waals surface area contributed by atoms with Gasteiger partial charge in [0.25, 0.3) is 0 Å². The summed E-state index contributed by atoms with van der Waals surface area (Å²) in [6.07, 6.45) is 1.17. The molecular weight excluding hydrogens is 341 g/mol. The van der Waals surface area contributed by atoms with Crippen LogP contribution in [0.15, 0.2) is 23.1 Å². The Labute approximate surface area is 148 Å². The third-order valence-corrected chi connectivity index (χ3v) is 4.51. The second kappa shape index (κ2) is 7.64. The highest BCUT2D eigenvalue weighted by Crippen LogP contribution is 2.19. The number of benzene rings is 1. The lowest BCUT2D eigenvalue weighted by atomic mass is 10.1. The Morgan fingerprint density at radius 2 is 2.04 bits per heavy atom. The standard InChI is InChI=1S/C18H18FN3O4/c19-15-10-13-16(9-12(15)1-2-20)22(11-14(17(13)23)18(24)25)4-3-21-5-7-26-8-6-21/h9-11H,1,3-8H2,(H,24,25). The Kier molecular flexibility index (Phi) is 5.30.